The Morgan fingerprint density at radius 3 is 2.94 bits per heavy atom. The smallest absolute Gasteiger partial charge is 0.224 e. The van der Waals surface area contributed by atoms with Gasteiger partial charge in [0.2, 0.25) is 5.28 Å². The van der Waals surface area contributed by atoms with Gasteiger partial charge in [-0.1, -0.05) is 15.9 Å². The predicted molar refractivity (Wildman–Crippen MR) is 67.2 cm³/mol. The lowest BCUT2D eigenvalue weighted by Gasteiger charge is -2.01. The van der Waals surface area contributed by atoms with E-state index in [0.29, 0.717) is 11.5 Å². The lowest BCUT2D eigenvalue weighted by Crippen LogP contribution is -2.00. The maximum absolute atomic E-state index is 5.77. The maximum atomic E-state index is 5.77. The number of fused-ring (bicyclic) bond motifs is 1. The maximum Gasteiger partial charge on any atom is 0.224 e. The fraction of sp³-hybridized carbons (Fsp3) is 0. The van der Waals surface area contributed by atoms with E-state index in [1.54, 1.807) is 23.3 Å². The summed E-state index contributed by atoms with van der Waals surface area (Å²) in [6.45, 7) is 0. The Morgan fingerprint density at radius 2 is 2.12 bits per heavy atom. The lowest BCUT2D eigenvalue weighted by molar-refractivity contribution is 0.860. The number of hydrogen-bond donors (Lipinski definition) is 0. The van der Waals surface area contributed by atoms with E-state index >= 15 is 0 Å². The Bertz CT molecular complexity index is 696. The van der Waals surface area contributed by atoms with Gasteiger partial charge in [-0.05, 0) is 23.7 Å². The Morgan fingerprint density at radius 1 is 1.24 bits per heavy atom. The third-order valence-electron chi connectivity index (χ3n) is 2.20. The molecule has 17 heavy (non-hydrogen) atoms. The van der Waals surface area contributed by atoms with E-state index in [2.05, 4.69) is 36.0 Å². The van der Waals surface area contributed by atoms with Gasteiger partial charge in [0.15, 0.2) is 11.5 Å². The molecule has 0 atom stereocenters. The van der Waals surface area contributed by atoms with E-state index < -0.39 is 0 Å². The molecule has 0 amide bonds. The highest BCUT2D eigenvalue weighted by Gasteiger charge is 2.08. The molecule has 0 aliphatic rings. The SMILES string of the molecule is Clc1ncc2cnn(-c3cc(Br)ccn3)c2n1. The van der Waals surface area contributed by atoms with Crippen molar-refractivity contribution in [3.8, 4) is 5.82 Å². The molecular formula is C10H5BrClN5. The van der Waals surface area contributed by atoms with E-state index in [1.165, 1.54) is 0 Å². The largest absolute Gasteiger partial charge is 0.237 e. The summed E-state index contributed by atoms with van der Waals surface area (Å²) in [4.78, 5) is 12.3. The molecule has 3 aromatic rings. The molecule has 0 saturated carbocycles. The number of halogens is 2. The molecule has 0 saturated heterocycles. The zero-order valence-electron chi connectivity index (χ0n) is 8.38. The minimum Gasteiger partial charge on any atom is -0.237 e. The van der Waals surface area contributed by atoms with E-state index in [4.69, 9.17) is 11.6 Å². The highest BCUT2D eigenvalue weighted by Crippen LogP contribution is 2.18. The normalized spacial score (nSPS) is 10.9. The van der Waals surface area contributed by atoms with Crippen LogP contribution in [0.2, 0.25) is 5.28 Å². The van der Waals surface area contributed by atoms with Crippen LogP contribution in [-0.2, 0) is 0 Å². The third kappa shape index (κ3) is 1.89. The van der Waals surface area contributed by atoms with Gasteiger partial charge < -0.3 is 0 Å². The number of hydrogen-bond acceptors (Lipinski definition) is 4. The van der Waals surface area contributed by atoms with Crippen LogP contribution in [0.15, 0.2) is 35.2 Å². The molecule has 0 spiro atoms. The standard InChI is InChI=1S/C10H5BrClN5/c11-7-1-2-13-8(3-7)17-9-6(5-15-17)4-14-10(12)16-9/h1-5H. The highest BCUT2D eigenvalue weighted by molar-refractivity contribution is 9.10. The van der Waals surface area contributed by atoms with Gasteiger partial charge in [0.05, 0.1) is 11.6 Å². The first-order chi connectivity index (χ1) is 8.24. The van der Waals surface area contributed by atoms with Crippen LogP contribution in [0.4, 0.5) is 0 Å². The fourth-order valence-electron chi connectivity index (χ4n) is 1.47. The van der Waals surface area contributed by atoms with Crippen molar-refractivity contribution in [3.63, 3.8) is 0 Å². The zero-order chi connectivity index (χ0) is 11.8. The van der Waals surface area contributed by atoms with Crippen molar-refractivity contribution >= 4 is 38.6 Å². The molecule has 0 aliphatic heterocycles. The summed E-state index contributed by atoms with van der Waals surface area (Å²) >= 11 is 9.16. The van der Waals surface area contributed by atoms with Gasteiger partial charge in [0.25, 0.3) is 0 Å². The summed E-state index contributed by atoms with van der Waals surface area (Å²) in [5.41, 5.74) is 0.635. The zero-order valence-corrected chi connectivity index (χ0v) is 10.7. The molecule has 0 aliphatic carbocycles. The molecule has 3 rings (SSSR count). The molecule has 0 bridgehead atoms. The molecule has 0 N–H and O–H groups in total. The lowest BCUT2D eigenvalue weighted by atomic mass is 10.4. The van der Waals surface area contributed by atoms with Crippen LogP contribution < -0.4 is 0 Å². The van der Waals surface area contributed by atoms with Crippen molar-refractivity contribution < 1.29 is 0 Å². The van der Waals surface area contributed by atoms with Gasteiger partial charge in [0, 0.05) is 16.9 Å². The first kappa shape index (κ1) is 10.6. The minimum absolute atomic E-state index is 0.189. The molecule has 0 radical (unpaired) electrons. The number of pyridine rings is 1. The molecule has 0 fully saturated rings. The van der Waals surface area contributed by atoms with Crippen LogP contribution in [-0.4, -0.2) is 24.7 Å². The second-order valence-electron chi connectivity index (χ2n) is 3.31. The van der Waals surface area contributed by atoms with Crippen LogP contribution in [0.3, 0.4) is 0 Å². The average molecular weight is 311 g/mol. The van der Waals surface area contributed by atoms with Gasteiger partial charge in [-0.3, -0.25) is 0 Å². The predicted octanol–water partition coefficient (Wildman–Crippen LogP) is 2.63. The quantitative estimate of drug-likeness (QED) is 0.648. The average Bonchev–Trinajstić information content (AvgIpc) is 2.71. The van der Waals surface area contributed by atoms with Gasteiger partial charge in [-0.15, -0.1) is 0 Å². The second-order valence-corrected chi connectivity index (χ2v) is 4.56. The third-order valence-corrected chi connectivity index (χ3v) is 2.88. The molecular weight excluding hydrogens is 306 g/mol. The van der Waals surface area contributed by atoms with Crippen LogP contribution in [0.5, 0.6) is 0 Å². The van der Waals surface area contributed by atoms with Crippen molar-refractivity contribution in [2.24, 2.45) is 0 Å². The monoisotopic (exact) mass is 309 g/mol. The molecule has 5 nitrogen and oxygen atoms in total. The van der Waals surface area contributed by atoms with E-state index in [-0.39, 0.29) is 5.28 Å². The van der Waals surface area contributed by atoms with Gasteiger partial charge in [0.1, 0.15) is 0 Å². The highest BCUT2D eigenvalue weighted by atomic mass is 79.9. The van der Waals surface area contributed by atoms with Crippen LogP contribution in [0, 0.1) is 0 Å². The van der Waals surface area contributed by atoms with E-state index in [9.17, 15) is 0 Å². The summed E-state index contributed by atoms with van der Waals surface area (Å²) in [6, 6.07) is 3.69. The van der Waals surface area contributed by atoms with E-state index in [0.717, 1.165) is 9.86 Å². The van der Waals surface area contributed by atoms with Crippen molar-refractivity contribution in [3.05, 3.63) is 40.5 Å². The molecule has 3 heterocycles. The van der Waals surface area contributed by atoms with Crippen molar-refractivity contribution in [1.82, 2.24) is 24.7 Å². The second kappa shape index (κ2) is 4.05. The molecule has 7 heteroatoms. The summed E-state index contributed by atoms with van der Waals surface area (Å²) in [5, 5.41) is 5.22. The first-order valence-corrected chi connectivity index (χ1v) is 5.89. The number of nitrogens with zero attached hydrogens (tertiary/aromatic N) is 5. The molecule has 84 valence electrons. The van der Waals surface area contributed by atoms with Gasteiger partial charge in [-0.2, -0.15) is 14.8 Å². The number of aromatic nitrogens is 5. The summed E-state index contributed by atoms with van der Waals surface area (Å²) < 4.78 is 2.54. The summed E-state index contributed by atoms with van der Waals surface area (Å²) in [7, 11) is 0. The number of rotatable bonds is 1. The minimum atomic E-state index is 0.189. The van der Waals surface area contributed by atoms with Crippen LogP contribution >= 0.6 is 27.5 Å². The van der Waals surface area contributed by atoms with Crippen LogP contribution in [0.1, 0.15) is 0 Å². The van der Waals surface area contributed by atoms with E-state index in [1.807, 2.05) is 12.1 Å². The first-order valence-electron chi connectivity index (χ1n) is 4.72. The Kier molecular flexibility index (Phi) is 2.53. The van der Waals surface area contributed by atoms with Gasteiger partial charge >= 0.3 is 0 Å². The van der Waals surface area contributed by atoms with Crippen molar-refractivity contribution in [2.75, 3.05) is 0 Å². The molecule has 0 aromatic carbocycles. The topological polar surface area (TPSA) is 56.5 Å². The van der Waals surface area contributed by atoms with Crippen molar-refractivity contribution in [1.29, 1.82) is 0 Å². The fourth-order valence-corrected chi connectivity index (χ4v) is 1.93. The Hall–Kier alpha value is -1.53. The summed E-state index contributed by atoms with van der Waals surface area (Å²) in [6.07, 6.45) is 5.00. The molecule has 3 aromatic heterocycles. The molecule has 0 unspecified atom stereocenters. The summed E-state index contributed by atoms with van der Waals surface area (Å²) in [5.74, 6) is 0.671. The van der Waals surface area contributed by atoms with Crippen molar-refractivity contribution in [2.45, 2.75) is 0 Å². The Balaban J connectivity index is 2.27. The Labute approximate surface area is 110 Å². The van der Waals surface area contributed by atoms with Gasteiger partial charge in [-0.25, -0.2) is 9.97 Å². The van der Waals surface area contributed by atoms with Crippen LogP contribution in [0.25, 0.3) is 16.9 Å².